The first kappa shape index (κ1) is 20.9. The lowest BCUT2D eigenvalue weighted by Gasteiger charge is -2.17. The summed E-state index contributed by atoms with van der Waals surface area (Å²) in [5.74, 6) is -2.29. The molecule has 0 saturated heterocycles. The van der Waals surface area contributed by atoms with E-state index in [9.17, 15) is 18.8 Å². The Hall–Kier alpha value is -2.82. The lowest BCUT2D eigenvalue weighted by molar-refractivity contribution is -0.129. The van der Waals surface area contributed by atoms with Crippen LogP contribution in [0.1, 0.15) is 59.5 Å². The predicted octanol–water partition coefficient (Wildman–Crippen LogP) is 4.26. The number of rotatable bonds is 5. The summed E-state index contributed by atoms with van der Waals surface area (Å²) in [5, 5.41) is 2.84. The molecule has 0 aromatic heterocycles. The molecule has 3 rings (SSSR count). The molecule has 3 unspecified atom stereocenters. The van der Waals surface area contributed by atoms with Crippen LogP contribution in [0.5, 0.6) is 0 Å². The van der Waals surface area contributed by atoms with Gasteiger partial charge in [0.25, 0.3) is 0 Å². The molecule has 1 aliphatic rings. The van der Waals surface area contributed by atoms with Crippen molar-refractivity contribution in [3.63, 3.8) is 0 Å². The SMILES string of the molecule is Cc1cc(C)c(C2C(=O)CC(CC(=O)NC(C)c3ccc(F)cc3)C2=O)c(C)c1. The molecular formula is C24H26FNO3. The third-order valence-corrected chi connectivity index (χ3v) is 5.66. The molecule has 0 aliphatic heterocycles. The zero-order valence-corrected chi connectivity index (χ0v) is 17.2. The number of benzene rings is 2. The minimum Gasteiger partial charge on any atom is -0.350 e. The molecule has 1 N–H and O–H groups in total. The number of hydrogen-bond donors (Lipinski definition) is 1. The third-order valence-electron chi connectivity index (χ3n) is 5.66. The van der Waals surface area contributed by atoms with Gasteiger partial charge in [-0.1, -0.05) is 29.8 Å². The lowest BCUT2D eigenvalue weighted by atomic mass is 9.86. The molecular weight excluding hydrogens is 369 g/mol. The normalized spacial score (nSPS) is 20.0. The van der Waals surface area contributed by atoms with E-state index >= 15 is 0 Å². The number of amides is 1. The van der Waals surface area contributed by atoms with Gasteiger partial charge in [-0.3, -0.25) is 14.4 Å². The highest BCUT2D eigenvalue weighted by molar-refractivity contribution is 6.15. The number of carbonyl (C=O) groups excluding carboxylic acids is 3. The van der Waals surface area contributed by atoms with Gasteiger partial charge in [0, 0.05) is 18.8 Å². The van der Waals surface area contributed by atoms with Crippen LogP contribution in [-0.2, 0) is 14.4 Å². The number of ketones is 2. The zero-order chi connectivity index (χ0) is 21.3. The standard InChI is InChI=1S/C24H26FNO3/c1-13-9-14(2)22(15(3)10-13)23-20(27)11-18(24(23)29)12-21(28)26-16(4)17-5-7-19(25)8-6-17/h5-10,16,18,23H,11-12H2,1-4H3,(H,26,28). The maximum atomic E-state index is 13.1. The second-order valence-electron chi connectivity index (χ2n) is 8.06. The van der Waals surface area contributed by atoms with Gasteiger partial charge in [0.1, 0.15) is 17.5 Å². The fraction of sp³-hybridized carbons (Fsp3) is 0.375. The molecule has 2 aromatic rings. The van der Waals surface area contributed by atoms with Crippen LogP contribution in [0, 0.1) is 32.5 Å². The van der Waals surface area contributed by atoms with E-state index in [4.69, 9.17) is 0 Å². The molecule has 2 aromatic carbocycles. The average molecular weight is 395 g/mol. The van der Waals surface area contributed by atoms with Gasteiger partial charge in [-0.05, 0) is 62.1 Å². The molecule has 0 bridgehead atoms. The average Bonchev–Trinajstić information content (AvgIpc) is 2.89. The fourth-order valence-corrected chi connectivity index (χ4v) is 4.34. The molecule has 1 saturated carbocycles. The van der Waals surface area contributed by atoms with Crippen LogP contribution in [0.2, 0.25) is 0 Å². The Morgan fingerprint density at radius 3 is 2.28 bits per heavy atom. The number of carbonyl (C=O) groups is 3. The summed E-state index contributed by atoms with van der Waals surface area (Å²) in [7, 11) is 0. The molecule has 1 fully saturated rings. The van der Waals surface area contributed by atoms with Crippen molar-refractivity contribution in [3.05, 3.63) is 70.0 Å². The molecule has 0 radical (unpaired) electrons. The Labute approximate surface area is 170 Å². The molecule has 4 nitrogen and oxygen atoms in total. The van der Waals surface area contributed by atoms with Gasteiger partial charge >= 0.3 is 0 Å². The van der Waals surface area contributed by atoms with Gasteiger partial charge in [-0.2, -0.15) is 0 Å². The summed E-state index contributed by atoms with van der Waals surface area (Å²) in [6.07, 6.45) is 0.0746. The van der Waals surface area contributed by atoms with Crippen LogP contribution < -0.4 is 5.32 Å². The second kappa shape index (κ2) is 8.27. The number of Topliss-reactive ketones (excluding diaryl/α,β-unsaturated/α-hetero) is 2. The molecule has 29 heavy (non-hydrogen) atoms. The van der Waals surface area contributed by atoms with Crippen LogP contribution >= 0.6 is 0 Å². The molecule has 152 valence electrons. The minimum absolute atomic E-state index is 0.0173. The molecule has 0 spiro atoms. The summed E-state index contributed by atoms with van der Waals surface area (Å²) < 4.78 is 13.1. The molecule has 5 heteroatoms. The van der Waals surface area contributed by atoms with Crippen molar-refractivity contribution in [2.24, 2.45) is 5.92 Å². The Bertz CT molecular complexity index is 942. The number of aryl methyl sites for hydroxylation is 3. The summed E-state index contributed by atoms with van der Waals surface area (Å²) >= 11 is 0. The van der Waals surface area contributed by atoms with Crippen molar-refractivity contribution >= 4 is 17.5 Å². The predicted molar refractivity (Wildman–Crippen MR) is 109 cm³/mol. The van der Waals surface area contributed by atoms with E-state index < -0.39 is 11.8 Å². The minimum atomic E-state index is -0.775. The first-order valence-electron chi connectivity index (χ1n) is 9.86. The van der Waals surface area contributed by atoms with Crippen LogP contribution in [0.25, 0.3) is 0 Å². The summed E-state index contributed by atoms with van der Waals surface area (Å²) in [6.45, 7) is 7.62. The van der Waals surface area contributed by atoms with E-state index in [1.807, 2.05) is 32.9 Å². The van der Waals surface area contributed by atoms with Gasteiger partial charge in [0.15, 0.2) is 5.78 Å². The zero-order valence-electron chi connectivity index (χ0n) is 17.2. The van der Waals surface area contributed by atoms with E-state index in [2.05, 4.69) is 5.32 Å². The highest BCUT2D eigenvalue weighted by atomic mass is 19.1. The van der Waals surface area contributed by atoms with Crippen LogP contribution in [-0.4, -0.2) is 17.5 Å². The number of halogens is 1. The van der Waals surface area contributed by atoms with E-state index in [1.165, 1.54) is 12.1 Å². The Morgan fingerprint density at radius 1 is 1.10 bits per heavy atom. The molecule has 3 atom stereocenters. The smallest absolute Gasteiger partial charge is 0.221 e. The first-order chi connectivity index (χ1) is 13.7. The van der Waals surface area contributed by atoms with Gasteiger partial charge in [-0.25, -0.2) is 4.39 Å². The maximum Gasteiger partial charge on any atom is 0.221 e. The lowest BCUT2D eigenvalue weighted by Crippen LogP contribution is -2.29. The van der Waals surface area contributed by atoms with Crippen molar-refractivity contribution in [2.45, 2.75) is 52.5 Å². The van der Waals surface area contributed by atoms with E-state index in [0.717, 1.165) is 27.8 Å². The summed E-state index contributed by atoms with van der Waals surface area (Å²) in [5.41, 5.74) is 4.52. The van der Waals surface area contributed by atoms with E-state index in [-0.39, 0.29) is 42.2 Å². The maximum absolute atomic E-state index is 13.1. The molecule has 0 heterocycles. The monoisotopic (exact) mass is 395 g/mol. The number of nitrogens with one attached hydrogen (secondary N) is 1. The van der Waals surface area contributed by atoms with Gasteiger partial charge in [0.05, 0.1) is 6.04 Å². The first-order valence-corrected chi connectivity index (χ1v) is 9.86. The van der Waals surface area contributed by atoms with Crippen LogP contribution in [0.4, 0.5) is 4.39 Å². The van der Waals surface area contributed by atoms with Gasteiger partial charge in [-0.15, -0.1) is 0 Å². The van der Waals surface area contributed by atoms with Crippen molar-refractivity contribution in [1.29, 1.82) is 0 Å². The van der Waals surface area contributed by atoms with E-state index in [1.54, 1.807) is 19.1 Å². The summed E-state index contributed by atoms with van der Waals surface area (Å²) in [4.78, 5) is 38.1. The largest absolute Gasteiger partial charge is 0.350 e. The quantitative estimate of drug-likeness (QED) is 0.770. The van der Waals surface area contributed by atoms with Crippen molar-refractivity contribution in [2.75, 3.05) is 0 Å². The highest BCUT2D eigenvalue weighted by Gasteiger charge is 2.43. The topological polar surface area (TPSA) is 63.2 Å². The van der Waals surface area contributed by atoms with E-state index in [0.29, 0.717) is 0 Å². The Morgan fingerprint density at radius 2 is 1.69 bits per heavy atom. The number of hydrogen-bond acceptors (Lipinski definition) is 3. The van der Waals surface area contributed by atoms with Crippen molar-refractivity contribution < 1.29 is 18.8 Å². The fourth-order valence-electron chi connectivity index (χ4n) is 4.34. The van der Waals surface area contributed by atoms with Gasteiger partial charge in [0.2, 0.25) is 5.91 Å². The Kier molecular flexibility index (Phi) is 5.96. The highest BCUT2D eigenvalue weighted by Crippen LogP contribution is 2.37. The third kappa shape index (κ3) is 4.44. The van der Waals surface area contributed by atoms with Crippen LogP contribution in [0.3, 0.4) is 0 Å². The van der Waals surface area contributed by atoms with Crippen LogP contribution in [0.15, 0.2) is 36.4 Å². The molecule has 1 amide bonds. The van der Waals surface area contributed by atoms with Crippen molar-refractivity contribution in [3.8, 4) is 0 Å². The van der Waals surface area contributed by atoms with Crippen molar-refractivity contribution in [1.82, 2.24) is 5.32 Å². The second-order valence-corrected chi connectivity index (χ2v) is 8.06. The Balaban J connectivity index is 1.70. The van der Waals surface area contributed by atoms with Gasteiger partial charge < -0.3 is 5.32 Å². The summed E-state index contributed by atoms with van der Waals surface area (Å²) in [6, 6.07) is 9.56. The molecule has 1 aliphatic carbocycles.